The van der Waals surface area contributed by atoms with Crippen LogP contribution in [0.1, 0.15) is 25.7 Å². The first kappa shape index (κ1) is 19.8. The van der Waals surface area contributed by atoms with E-state index in [1.54, 1.807) is 4.90 Å². The van der Waals surface area contributed by atoms with Crippen molar-refractivity contribution in [1.29, 1.82) is 0 Å². The lowest BCUT2D eigenvalue weighted by Crippen LogP contribution is -2.52. The van der Waals surface area contributed by atoms with Crippen LogP contribution in [-0.4, -0.2) is 79.5 Å². The second-order valence-corrected chi connectivity index (χ2v) is 7.85. The summed E-state index contributed by atoms with van der Waals surface area (Å²) in [5.74, 6) is 0.163. The number of nitrogens with one attached hydrogen (secondary N) is 1. The van der Waals surface area contributed by atoms with Crippen LogP contribution in [0.15, 0.2) is 24.3 Å². The van der Waals surface area contributed by atoms with E-state index in [1.165, 1.54) is 0 Å². The van der Waals surface area contributed by atoms with Gasteiger partial charge in [0.1, 0.15) is 6.10 Å². The van der Waals surface area contributed by atoms with Crippen molar-refractivity contribution < 1.29 is 19.1 Å². The molecule has 156 valence electrons. The van der Waals surface area contributed by atoms with Gasteiger partial charge in [-0.3, -0.25) is 19.3 Å². The molecular formula is C21H28N4O4. The standard InChI is InChI=1S/C21H28N4O4/c26-19(22-16-5-7-17(8-6-16)25-9-1-4-20(25)27)15-23-10-12-24(13-11-23)21(28)18-3-2-14-29-18/h5-8,18H,1-4,9-15H2,(H,22,26). The molecule has 8 nitrogen and oxygen atoms in total. The molecule has 4 rings (SSSR count). The third-order valence-electron chi connectivity index (χ3n) is 5.79. The van der Waals surface area contributed by atoms with E-state index >= 15 is 0 Å². The van der Waals surface area contributed by atoms with Gasteiger partial charge in [-0.15, -0.1) is 0 Å². The number of hydrogen-bond donors (Lipinski definition) is 1. The highest BCUT2D eigenvalue weighted by Crippen LogP contribution is 2.23. The number of piperazine rings is 1. The maximum Gasteiger partial charge on any atom is 0.251 e. The molecule has 0 bridgehead atoms. The number of nitrogens with zero attached hydrogens (tertiary/aromatic N) is 3. The third kappa shape index (κ3) is 4.76. The molecule has 1 atom stereocenters. The molecule has 1 aromatic rings. The Morgan fingerprint density at radius 1 is 1.03 bits per heavy atom. The number of ether oxygens (including phenoxy) is 1. The average molecular weight is 400 g/mol. The van der Waals surface area contributed by atoms with E-state index in [-0.39, 0.29) is 23.8 Å². The molecule has 3 aliphatic rings. The second kappa shape index (κ2) is 8.92. The molecular weight excluding hydrogens is 372 g/mol. The molecule has 0 aliphatic carbocycles. The Balaban J connectivity index is 1.22. The highest BCUT2D eigenvalue weighted by molar-refractivity contribution is 5.96. The smallest absolute Gasteiger partial charge is 0.251 e. The monoisotopic (exact) mass is 400 g/mol. The molecule has 3 amide bonds. The van der Waals surface area contributed by atoms with Crippen molar-refractivity contribution >= 4 is 29.1 Å². The number of carbonyl (C=O) groups excluding carboxylic acids is 3. The molecule has 8 heteroatoms. The largest absolute Gasteiger partial charge is 0.368 e. The molecule has 0 spiro atoms. The molecule has 1 unspecified atom stereocenters. The lowest BCUT2D eigenvalue weighted by atomic mass is 10.2. The maximum absolute atomic E-state index is 12.4. The average Bonchev–Trinajstić information content (AvgIpc) is 3.41. The Hall–Kier alpha value is -2.45. The predicted molar refractivity (Wildman–Crippen MR) is 109 cm³/mol. The van der Waals surface area contributed by atoms with Crippen molar-refractivity contribution in [1.82, 2.24) is 9.80 Å². The molecule has 3 heterocycles. The molecule has 0 aromatic heterocycles. The van der Waals surface area contributed by atoms with E-state index in [9.17, 15) is 14.4 Å². The summed E-state index contributed by atoms with van der Waals surface area (Å²) in [6, 6.07) is 7.40. The van der Waals surface area contributed by atoms with Crippen molar-refractivity contribution in [3.05, 3.63) is 24.3 Å². The summed E-state index contributed by atoms with van der Waals surface area (Å²) < 4.78 is 5.48. The Labute approximate surface area is 170 Å². The number of amides is 3. The van der Waals surface area contributed by atoms with Gasteiger partial charge in [0.2, 0.25) is 11.8 Å². The van der Waals surface area contributed by atoms with Crippen LogP contribution in [0.2, 0.25) is 0 Å². The molecule has 0 radical (unpaired) electrons. The third-order valence-corrected chi connectivity index (χ3v) is 5.79. The zero-order chi connectivity index (χ0) is 20.2. The number of hydrogen-bond acceptors (Lipinski definition) is 5. The van der Waals surface area contributed by atoms with Gasteiger partial charge >= 0.3 is 0 Å². The van der Waals surface area contributed by atoms with Crippen molar-refractivity contribution in [2.24, 2.45) is 0 Å². The van der Waals surface area contributed by atoms with Gasteiger partial charge in [-0.1, -0.05) is 0 Å². The van der Waals surface area contributed by atoms with E-state index in [0.29, 0.717) is 45.8 Å². The zero-order valence-corrected chi connectivity index (χ0v) is 16.6. The number of carbonyl (C=O) groups is 3. The van der Waals surface area contributed by atoms with E-state index in [1.807, 2.05) is 29.2 Å². The van der Waals surface area contributed by atoms with Crippen LogP contribution in [0, 0.1) is 0 Å². The summed E-state index contributed by atoms with van der Waals surface area (Å²) in [7, 11) is 0. The van der Waals surface area contributed by atoms with E-state index in [4.69, 9.17) is 4.74 Å². The first-order chi connectivity index (χ1) is 14.1. The van der Waals surface area contributed by atoms with Crippen molar-refractivity contribution in [2.45, 2.75) is 31.8 Å². The molecule has 3 aliphatic heterocycles. The fourth-order valence-electron chi connectivity index (χ4n) is 4.15. The summed E-state index contributed by atoms with van der Waals surface area (Å²) in [6.07, 6.45) is 2.98. The van der Waals surface area contributed by atoms with E-state index in [0.717, 1.165) is 37.2 Å². The summed E-state index contributed by atoms with van der Waals surface area (Å²) in [4.78, 5) is 42.3. The normalized spacial score (nSPS) is 22.9. The van der Waals surface area contributed by atoms with Gasteiger partial charge in [-0.25, -0.2) is 0 Å². The Morgan fingerprint density at radius 3 is 2.41 bits per heavy atom. The van der Waals surface area contributed by atoms with E-state index < -0.39 is 0 Å². The van der Waals surface area contributed by atoms with Crippen molar-refractivity contribution in [3.8, 4) is 0 Å². The van der Waals surface area contributed by atoms with Crippen LogP contribution in [0.25, 0.3) is 0 Å². The molecule has 29 heavy (non-hydrogen) atoms. The zero-order valence-electron chi connectivity index (χ0n) is 16.6. The SMILES string of the molecule is O=C(CN1CCN(C(=O)C2CCCO2)CC1)Nc1ccc(N2CCCC2=O)cc1. The van der Waals surface area contributed by atoms with Gasteiger partial charge in [0.05, 0.1) is 6.54 Å². The number of benzene rings is 1. The van der Waals surface area contributed by atoms with E-state index in [2.05, 4.69) is 10.2 Å². The first-order valence-corrected chi connectivity index (χ1v) is 10.4. The Kier molecular flexibility index (Phi) is 6.10. The molecule has 1 N–H and O–H groups in total. The summed E-state index contributed by atoms with van der Waals surface area (Å²) in [5.41, 5.74) is 1.59. The highest BCUT2D eigenvalue weighted by Gasteiger charge is 2.30. The minimum atomic E-state index is -0.274. The van der Waals surface area contributed by atoms with Crippen LogP contribution < -0.4 is 10.2 Å². The maximum atomic E-state index is 12.4. The number of rotatable bonds is 5. The van der Waals surface area contributed by atoms with Gasteiger partial charge < -0.3 is 19.9 Å². The van der Waals surface area contributed by atoms with Crippen LogP contribution in [0.5, 0.6) is 0 Å². The fraction of sp³-hybridized carbons (Fsp3) is 0.571. The van der Waals surface area contributed by atoms with Gasteiger partial charge in [-0.05, 0) is 43.5 Å². The molecule has 3 saturated heterocycles. The van der Waals surface area contributed by atoms with Crippen LogP contribution in [0.3, 0.4) is 0 Å². The Bertz CT molecular complexity index is 752. The minimum absolute atomic E-state index is 0.0751. The second-order valence-electron chi connectivity index (χ2n) is 7.85. The summed E-state index contributed by atoms with van der Waals surface area (Å²) >= 11 is 0. The predicted octanol–water partition coefficient (Wildman–Crippen LogP) is 1.08. The van der Waals surface area contributed by atoms with Crippen molar-refractivity contribution in [2.75, 3.05) is 56.1 Å². The van der Waals surface area contributed by atoms with Crippen LogP contribution >= 0.6 is 0 Å². The lowest BCUT2D eigenvalue weighted by Gasteiger charge is -2.35. The van der Waals surface area contributed by atoms with Gasteiger partial charge in [0, 0.05) is 57.1 Å². The quantitative estimate of drug-likeness (QED) is 0.800. The molecule has 0 saturated carbocycles. The first-order valence-electron chi connectivity index (χ1n) is 10.4. The fourth-order valence-corrected chi connectivity index (χ4v) is 4.15. The van der Waals surface area contributed by atoms with Gasteiger partial charge in [-0.2, -0.15) is 0 Å². The topological polar surface area (TPSA) is 82.2 Å². The molecule has 1 aromatic carbocycles. The highest BCUT2D eigenvalue weighted by atomic mass is 16.5. The van der Waals surface area contributed by atoms with Crippen molar-refractivity contribution in [3.63, 3.8) is 0 Å². The number of anilines is 2. The van der Waals surface area contributed by atoms with Crippen LogP contribution in [0.4, 0.5) is 11.4 Å². The van der Waals surface area contributed by atoms with Crippen LogP contribution in [-0.2, 0) is 19.1 Å². The Morgan fingerprint density at radius 2 is 1.79 bits per heavy atom. The summed E-state index contributed by atoms with van der Waals surface area (Å²) in [6.45, 7) is 4.35. The lowest BCUT2D eigenvalue weighted by molar-refractivity contribution is -0.142. The van der Waals surface area contributed by atoms with Gasteiger partial charge in [0.15, 0.2) is 0 Å². The van der Waals surface area contributed by atoms with Gasteiger partial charge in [0.25, 0.3) is 5.91 Å². The minimum Gasteiger partial charge on any atom is -0.368 e. The molecule has 3 fully saturated rings. The summed E-state index contributed by atoms with van der Waals surface area (Å²) in [5, 5.41) is 2.91.